The van der Waals surface area contributed by atoms with Crippen LogP contribution in [0.15, 0.2) is 36.4 Å². The van der Waals surface area contributed by atoms with Crippen LogP contribution in [0.3, 0.4) is 0 Å². The first-order valence-electron chi connectivity index (χ1n) is 9.54. The van der Waals surface area contributed by atoms with Crippen molar-refractivity contribution in [2.24, 2.45) is 5.92 Å². The topological polar surface area (TPSA) is 71.5 Å². The highest BCUT2D eigenvalue weighted by molar-refractivity contribution is 6.34. The van der Waals surface area contributed by atoms with Crippen LogP contribution in [0.2, 0.25) is 10.2 Å². The molecule has 29 heavy (non-hydrogen) atoms. The minimum Gasteiger partial charge on any atom is -0.493 e. The smallest absolute Gasteiger partial charge is 0.274 e. The molecular weight excluding hydrogens is 413 g/mol. The zero-order chi connectivity index (χ0) is 21.0. The van der Waals surface area contributed by atoms with E-state index in [2.05, 4.69) is 10.3 Å². The Kier molecular flexibility index (Phi) is 6.98. The summed E-state index contributed by atoms with van der Waals surface area (Å²) < 4.78 is 5.55. The van der Waals surface area contributed by atoms with Crippen LogP contribution in [-0.4, -0.2) is 47.4 Å². The molecule has 154 valence electrons. The first-order valence-corrected chi connectivity index (χ1v) is 10.3. The second-order valence-corrected chi connectivity index (χ2v) is 7.79. The predicted octanol–water partition coefficient (Wildman–Crippen LogP) is 4.07. The van der Waals surface area contributed by atoms with Gasteiger partial charge in [0.2, 0.25) is 0 Å². The van der Waals surface area contributed by atoms with Gasteiger partial charge in [-0.05, 0) is 43.5 Å². The van der Waals surface area contributed by atoms with Crippen LogP contribution in [0.5, 0.6) is 5.75 Å². The van der Waals surface area contributed by atoms with Gasteiger partial charge in [-0.1, -0.05) is 42.3 Å². The second kappa shape index (κ2) is 9.46. The maximum Gasteiger partial charge on any atom is 0.274 e. The molecule has 1 aromatic carbocycles. The van der Waals surface area contributed by atoms with Crippen molar-refractivity contribution in [2.45, 2.75) is 26.3 Å². The average Bonchev–Trinajstić information content (AvgIpc) is 2.71. The Labute approximate surface area is 180 Å². The van der Waals surface area contributed by atoms with Gasteiger partial charge in [-0.2, -0.15) is 0 Å². The molecule has 0 radical (unpaired) electrons. The molecule has 2 aromatic rings. The molecule has 1 aromatic heterocycles. The summed E-state index contributed by atoms with van der Waals surface area (Å²) in [6, 6.07) is 10.2. The molecule has 3 rings (SSSR count). The van der Waals surface area contributed by atoms with Crippen LogP contribution < -0.4 is 10.1 Å². The third-order valence-corrected chi connectivity index (χ3v) is 5.47. The SMILES string of the molecule is CCOc1ccccc1C(=O)NC1CCN(C(=O)c2nc(Cl)ccc2Cl)CC1C. The summed E-state index contributed by atoms with van der Waals surface area (Å²) >= 11 is 12.0. The van der Waals surface area contributed by atoms with Gasteiger partial charge in [-0.3, -0.25) is 9.59 Å². The van der Waals surface area contributed by atoms with E-state index < -0.39 is 0 Å². The van der Waals surface area contributed by atoms with Crippen molar-refractivity contribution in [1.29, 1.82) is 0 Å². The monoisotopic (exact) mass is 435 g/mol. The molecule has 1 aliphatic rings. The molecular formula is C21H23Cl2N3O3. The molecule has 0 aliphatic carbocycles. The predicted molar refractivity (Wildman–Crippen MR) is 113 cm³/mol. The summed E-state index contributed by atoms with van der Waals surface area (Å²) in [5.41, 5.74) is 0.662. The number of ether oxygens (including phenoxy) is 1. The molecule has 0 bridgehead atoms. The van der Waals surface area contributed by atoms with E-state index in [1.54, 1.807) is 29.2 Å². The summed E-state index contributed by atoms with van der Waals surface area (Å²) in [5, 5.41) is 3.58. The van der Waals surface area contributed by atoms with Gasteiger partial charge in [0.05, 0.1) is 17.2 Å². The Balaban J connectivity index is 1.65. The van der Waals surface area contributed by atoms with Crippen molar-refractivity contribution in [1.82, 2.24) is 15.2 Å². The Morgan fingerprint density at radius 3 is 2.72 bits per heavy atom. The minimum atomic E-state index is -0.254. The van der Waals surface area contributed by atoms with E-state index >= 15 is 0 Å². The Morgan fingerprint density at radius 2 is 2.00 bits per heavy atom. The molecule has 1 fully saturated rings. The quantitative estimate of drug-likeness (QED) is 0.718. The van der Waals surface area contributed by atoms with Crippen LogP contribution in [0.4, 0.5) is 0 Å². The van der Waals surface area contributed by atoms with Crippen LogP contribution >= 0.6 is 23.2 Å². The number of rotatable bonds is 5. The van der Waals surface area contributed by atoms with Gasteiger partial charge >= 0.3 is 0 Å². The number of hydrogen-bond acceptors (Lipinski definition) is 4. The standard InChI is InChI=1S/C21H23Cl2N3O3/c1-3-29-17-7-5-4-6-14(17)20(27)24-16-10-11-26(12-13(16)2)21(28)19-15(22)8-9-18(23)25-19/h4-9,13,16H,3,10-12H2,1-2H3,(H,24,27). The third-order valence-electron chi connectivity index (χ3n) is 4.96. The van der Waals surface area contributed by atoms with E-state index in [0.717, 1.165) is 0 Å². The lowest BCUT2D eigenvalue weighted by Crippen LogP contribution is -2.51. The van der Waals surface area contributed by atoms with E-state index in [4.69, 9.17) is 27.9 Å². The summed E-state index contributed by atoms with van der Waals surface area (Å²) in [4.78, 5) is 31.3. The lowest BCUT2D eigenvalue weighted by molar-refractivity contribution is 0.0627. The molecule has 1 saturated heterocycles. The van der Waals surface area contributed by atoms with Gasteiger partial charge in [0.15, 0.2) is 0 Å². The number of pyridine rings is 1. The van der Waals surface area contributed by atoms with E-state index in [1.165, 1.54) is 0 Å². The fourth-order valence-electron chi connectivity index (χ4n) is 3.44. The van der Waals surface area contributed by atoms with Crippen molar-refractivity contribution in [3.05, 3.63) is 57.8 Å². The lowest BCUT2D eigenvalue weighted by Gasteiger charge is -2.37. The molecule has 2 heterocycles. The zero-order valence-electron chi connectivity index (χ0n) is 16.3. The number of amides is 2. The molecule has 2 amide bonds. The highest BCUT2D eigenvalue weighted by atomic mass is 35.5. The Hall–Kier alpha value is -2.31. The largest absolute Gasteiger partial charge is 0.493 e. The number of carbonyl (C=O) groups excluding carboxylic acids is 2. The van der Waals surface area contributed by atoms with Crippen molar-refractivity contribution in [3.8, 4) is 5.75 Å². The van der Waals surface area contributed by atoms with E-state index in [9.17, 15) is 9.59 Å². The summed E-state index contributed by atoms with van der Waals surface area (Å²) in [7, 11) is 0. The number of benzene rings is 1. The lowest BCUT2D eigenvalue weighted by atomic mass is 9.93. The molecule has 2 atom stereocenters. The Morgan fingerprint density at radius 1 is 1.24 bits per heavy atom. The fourth-order valence-corrected chi connectivity index (χ4v) is 3.78. The van der Waals surface area contributed by atoms with Gasteiger partial charge in [-0.15, -0.1) is 0 Å². The van der Waals surface area contributed by atoms with Gasteiger partial charge < -0.3 is 15.0 Å². The van der Waals surface area contributed by atoms with Crippen molar-refractivity contribution < 1.29 is 14.3 Å². The number of aromatic nitrogens is 1. The van der Waals surface area contributed by atoms with Gasteiger partial charge in [0, 0.05) is 19.1 Å². The van der Waals surface area contributed by atoms with Crippen LogP contribution in [0.1, 0.15) is 41.1 Å². The summed E-state index contributed by atoms with van der Waals surface area (Å²) in [6.45, 7) is 5.35. The number of halogens is 2. The average molecular weight is 436 g/mol. The third kappa shape index (κ3) is 5.00. The number of piperidine rings is 1. The van der Waals surface area contributed by atoms with Crippen LogP contribution in [0.25, 0.3) is 0 Å². The fraction of sp³-hybridized carbons (Fsp3) is 0.381. The number of nitrogens with one attached hydrogen (secondary N) is 1. The first kappa shape index (κ1) is 21.4. The summed E-state index contributed by atoms with van der Waals surface area (Å²) in [5.74, 6) is 0.198. The van der Waals surface area contributed by atoms with Crippen LogP contribution in [-0.2, 0) is 0 Å². The number of hydrogen-bond donors (Lipinski definition) is 1. The molecule has 0 saturated carbocycles. The normalized spacial score (nSPS) is 19.0. The number of nitrogens with zero attached hydrogens (tertiary/aromatic N) is 2. The van der Waals surface area contributed by atoms with Crippen molar-refractivity contribution >= 4 is 35.0 Å². The van der Waals surface area contributed by atoms with Crippen molar-refractivity contribution in [3.63, 3.8) is 0 Å². The first-order chi connectivity index (χ1) is 13.9. The molecule has 2 unspecified atom stereocenters. The highest BCUT2D eigenvalue weighted by Crippen LogP contribution is 2.24. The van der Waals surface area contributed by atoms with Gasteiger partial charge in [0.1, 0.15) is 16.6 Å². The molecule has 1 N–H and O–H groups in total. The van der Waals surface area contributed by atoms with E-state index in [1.807, 2.05) is 26.0 Å². The minimum absolute atomic E-state index is 0.0518. The molecule has 6 nitrogen and oxygen atoms in total. The highest BCUT2D eigenvalue weighted by Gasteiger charge is 2.32. The van der Waals surface area contributed by atoms with Crippen LogP contribution in [0, 0.1) is 5.92 Å². The van der Waals surface area contributed by atoms with Crippen molar-refractivity contribution in [2.75, 3.05) is 19.7 Å². The molecule has 1 aliphatic heterocycles. The molecule has 0 spiro atoms. The number of carbonyl (C=O) groups is 2. The van der Waals surface area contributed by atoms with E-state index in [-0.39, 0.29) is 39.6 Å². The second-order valence-electron chi connectivity index (χ2n) is 6.99. The van der Waals surface area contributed by atoms with Gasteiger partial charge in [0.25, 0.3) is 11.8 Å². The summed E-state index contributed by atoms with van der Waals surface area (Å²) in [6.07, 6.45) is 0.633. The van der Waals surface area contributed by atoms with Gasteiger partial charge in [-0.25, -0.2) is 4.98 Å². The maximum atomic E-state index is 12.8. The zero-order valence-corrected chi connectivity index (χ0v) is 17.8. The Bertz CT molecular complexity index is 906. The maximum absolute atomic E-state index is 12.8. The number of likely N-dealkylation sites (tertiary alicyclic amines) is 1. The van der Waals surface area contributed by atoms with E-state index in [0.29, 0.717) is 37.4 Å². The molecule has 8 heteroatoms. The number of para-hydroxylation sites is 1.